The minimum absolute atomic E-state index is 0.00465. The van der Waals surface area contributed by atoms with Crippen LogP contribution in [0.15, 0.2) is 24.3 Å². The van der Waals surface area contributed by atoms with E-state index in [1.807, 2.05) is 13.8 Å². The fourth-order valence-corrected chi connectivity index (χ4v) is 1.70. The average molecular weight is 350 g/mol. The second-order valence-corrected chi connectivity index (χ2v) is 6.14. The van der Waals surface area contributed by atoms with E-state index in [0.717, 1.165) is 0 Å². The summed E-state index contributed by atoms with van der Waals surface area (Å²) < 4.78 is 5.34. The molecule has 8 nitrogen and oxygen atoms in total. The van der Waals surface area contributed by atoms with E-state index in [4.69, 9.17) is 10.5 Å². The molecular formula is C17H26N4O4. The number of carbonyl (C=O) groups excluding carboxylic acids is 3. The second-order valence-electron chi connectivity index (χ2n) is 6.14. The van der Waals surface area contributed by atoms with Crippen molar-refractivity contribution >= 4 is 23.4 Å². The molecule has 0 spiro atoms. The van der Waals surface area contributed by atoms with Crippen molar-refractivity contribution in [1.29, 1.82) is 0 Å². The van der Waals surface area contributed by atoms with E-state index in [1.54, 1.807) is 38.4 Å². The molecule has 25 heavy (non-hydrogen) atoms. The van der Waals surface area contributed by atoms with Crippen molar-refractivity contribution < 1.29 is 19.1 Å². The summed E-state index contributed by atoms with van der Waals surface area (Å²) in [5, 5.41) is 5.15. The van der Waals surface area contributed by atoms with Gasteiger partial charge >= 0.3 is 0 Å². The molecule has 1 rings (SSSR count). The van der Waals surface area contributed by atoms with E-state index >= 15 is 0 Å². The van der Waals surface area contributed by atoms with Gasteiger partial charge in [-0.25, -0.2) is 0 Å². The number of likely N-dealkylation sites (N-methyl/N-ethyl adjacent to an activating group) is 1. The number of rotatable bonds is 8. The molecule has 0 radical (unpaired) electrons. The monoisotopic (exact) mass is 350 g/mol. The summed E-state index contributed by atoms with van der Waals surface area (Å²) in [5.74, 6) is -0.354. The normalized spacial score (nSPS) is 11.6. The van der Waals surface area contributed by atoms with Crippen molar-refractivity contribution in [3.8, 4) is 5.75 Å². The van der Waals surface area contributed by atoms with Crippen LogP contribution in [-0.4, -0.2) is 55.9 Å². The quantitative estimate of drug-likeness (QED) is 0.619. The van der Waals surface area contributed by atoms with Crippen LogP contribution in [0.2, 0.25) is 0 Å². The number of benzene rings is 1. The van der Waals surface area contributed by atoms with Crippen LogP contribution < -0.4 is 21.1 Å². The summed E-state index contributed by atoms with van der Waals surface area (Å²) in [6, 6.07) is 5.94. The molecule has 1 atom stereocenters. The Morgan fingerprint density at radius 3 is 2.28 bits per heavy atom. The van der Waals surface area contributed by atoms with Gasteiger partial charge in [-0.2, -0.15) is 0 Å². The van der Waals surface area contributed by atoms with Gasteiger partial charge in [0.15, 0.2) is 6.61 Å². The predicted octanol–water partition coefficient (Wildman–Crippen LogP) is 0.192. The van der Waals surface area contributed by atoms with Crippen molar-refractivity contribution in [3.63, 3.8) is 0 Å². The van der Waals surface area contributed by atoms with Crippen LogP contribution in [0.5, 0.6) is 5.75 Å². The van der Waals surface area contributed by atoms with Crippen molar-refractivity contribution in [1.82, 2.24) is 10.2 Å². The van der Waals surface area contributed by atoms with Gasteiger partial charge in [0.1, 0.15) is 5.75 Å². The fourth-order valence-electron chi connectivity index (χ4n) is 1.70. The fraction of sp³-hybridized carbons (Fsp3) is 0.471. The van der Waals surface area contributed by atoms with Gasteiger partial charge in [-0.05, 0) is 30.2 Å². The molecule has 0 heterocycles. The molecule has 0 saturated carbocycles. The van der Waals surface area contributed by atoms with Crippen molar-refractivity contribution in [2.24, 2.45) is 11.7 Å². The zero-order valence-electron chi connectivity index (χ0n) is 15.0. The Labute approximate surface area is 147 Å². The summed E-state index contributed by atoms with van der Waals surface area (Å²) >= 11 is 0. The molecule has 8 heteroatoms. The highest BCUT2D eigenvalue weighted by atomic mass is 16.5. The molecule has 0 bridgehead atoms. The zero-order chi connectivity index (χ0) is 19.0. The van der Waals surface area contributed by atoms with E-state index < -0.39 is 6.04 Å². The first-order valence-electron chi connectivity index (χ1n) is 7.97. The van der Waals surface area contributed by atoms with Gasteiger partial charge in [0.25, 0.3) is 5.91 Å². The Balaban J connectivity index is 2.43. The number of ether oxygens (including phenoxy) is 1. The van der Waals surface area contributed by atoms with Crippen LogP contribution in [0.1, 0.15) is 13.8 Å². The number of amides is 3. The first-order valence-corrected chi connectivity index (χ1v) is 7.97. The van der Waals surface area contributed by atoms with Gasteiger partial charge in [0.2, 0.25) is 11.8 Å². The number of nitrogens with two attached hydrogens (primary N) is 1. The summed E-state index contributed by atoms with van der Waals surface area (Å²) in [6.45, 7) is 3.45. The van der Waals surface area contributed by atoms with Crippen LogP contribution in [0, 0.1) is 5.92 Å². The smallest absolute Gasteiger partial charge is 0.259 e. The average Bonchev–Trinajstić information content (AvgIpc) is 2.57. The number of anilines is 1. The van der Waals surface area contributed by atoms with Crippen molar-refractivity contribution in [3.05, 3.63) is 24.3 Å². The Morgan fingerprint density at radius 2 is 1.76 bits per heavy atom. The van der Waals surface area contributed by atoms with E-state index in [1.165, 1.54) is 4.90 Å². The minimum Gasteiger partial charge on any atom is -0.484 e. The third-order valence-electron chi connectivity index (χ3n) is 3.44. The molecule has 0 aliphatic rings. The Kier molecular flexibility index (Phi) is 7.87. The van der Waals surface area contributed by atoms with Crippen molar-refractivity contribution in [2.45, 2.75) is 19.9 Å². The molecule has 3 amide bonds. The highest BCUT2D eigenvalue weighted by Gasteiger charge is 2.17. The number of carbonyl (C=O) groups is 3. The van der Waals surface area contributed by atoms with Crippen LogP contribution in [0.25, 0.3) is 0 Å². The predicted molar refractivity (Wildman–Crippen MR) is 95.1 cm³/mol. The standard InChI is InChI=1S/C17H26N4O4/c1-11(2)16(18)17(24)19-9-14(22)20-12-5-7-13(8-6-12)25-10-15(23)21(3)4/h5-8,11,16H,9-10,18H2,1-4H3,(H,19,24)(H,20,22)/t16-/m0/s1. The lowest BCUT2D eigenvalue weighted by molar-refractivity contribution is -0.130. The van der Waals surface area contributed by atoms with Gasteiger partial charge in [-0.15, -0.1) is 0 Å². The number of nitrogens with one attached hydrogen (secondary N) is 2. The van der Waals surface area contributed by atoms with E-state index in [-0.39, 0.29) is 36.8 Å². The number of hydrogen-bond acceptors (Lipinski definition) is 5. The molecular weight excluding hydrogens is 324 g/mol. The zero-order valence-corrected chi connectivity index (χ0v) is 15.0. The lowest BCUT2D eigenvalue weighted by Gasteiger charge is -2.15. The summed E-state index contributed by atoms with van der Waals surface area (Å²) in [5.41, 5.74) is 6.25. The Bertz CT molecular complexity index is 599. The first-order chi connectivity index (χ1) is 11.7. The third-order valence-corrected chi connectivity index (χ3v) is 3.44. The SMILES string of the molecule is CC(C)[C@H](N)C(=O)NCC(=O)Nc1ccc(OCC(=O)N(C)C)cc1. The summed E-state index contributed by atoms with van der Waals surface area (Å²) in [6.07, 6.45) is 0. The molecule has 1 aromatic carbocycles. The van der Waals surface area contributed by atoms with Crippen LogP contribution in [0.3, 0.4) is 0 Å². The lowest BCUT2D eigenvalue weighted by atomic mass is 10.1. The lowest BCUT2D eigenvalue weighted by Crippen LogP contribution is -2.46. The molecule has 138 valence electrons. The van der Waals surface area contributed by atoms with Gasteiger partial charge in [0, 0.05) is 19.8 Å². The second kappa shape index (κ2) is 9.63. The largest absolute Gasteiger partial charge is 0.484 e. The first kappa shape index (κ1) is 20.4. The molecule has 0 aliphatic carbocycles. The minimum atomic E-state index is -0.644. The topological polar surface area (TPSA) is 114 Å². The molecule has 0 aromatic heterocycles. The molecule has 0 saturated heterocycles. The van der Waals surface area contributed by atoms with E-state index in [0.29, 0.717) is 11.4 Å². The van der Waals surface area contributed by atoms with Crippen LogP contribution in [0.4, 0.5) is 5.69 Å². The molecule has 1 aromatic rings. The van der Waals surface area contributed by atoms with Gasteiger partial charge in [-0.1, -0.05) is 13.8 Å². The summed E-state index contributed by atoms with van der Waals surface area (Å²) in [7, 11) is 3.30. The maximum atomic E-state index is 11.8. The summed E-state index contributed by atoms with van der Waals surface area (Å²) in [4.78, 5) is 36.4. The Morgan fingerprint density at radius 1 is 1.16 bits per heavy atom. The van der Waals surface area contributed by atoms with Crippen LogP contribution >= 0.6 is 0 Å². The highest BCUT2D eigenvalue weighted by Crippen LogP contribution is 2.15. The molecule has 0 fully saturated rings. The van der Waals surface area contributed by atoms with Gasteiger partial charge in [-0.3, -0.25) is 14.4 Å². The van der Waals surface area contributed by atoms with Gasteiger partial charge < -0.3 is 26.0 Å². The molecule has 4 N–H and O–H groups in total. The highest BCUT2D eigenvalue weighted by molar-refractivity contribution is 5.95. The maximum Gasteiger partial charge on any atom is 0.259 e. The maximum absolute atomic E-state index is 11.8. The van der Waals surface area contributed by atoms with Crippen molar-refractivity contribution in [2.75, 3.05) is 32.6 Å². The molecule has 0 unspecified atom stereocenters. The van der Waals surface area contributed by atoms with Gasteiger partial charge in [0.05, 0.1) is 12.6 Å². The van der Waals surface area contributed by atoms with E-state index in [2.05, 4.69) is 10.6 Å². The van der Waals surface area contributed by atoms with Crippen LogP contribution in [-0.2, 0) is 14.4 Å². The number of nitrogens with zero attached hydrogens (tertiary/aromatic N) is 1. The third kappa shape index (κ3) is 7.21. The number of hydrogen-bond donors (Lipinski definition) is 3. The molecule has 0 aliphatic heterocycles. The van der Waals surface area contributed by atoms with E-state index in [9.17, 15) is 14.4 Å². The Hall–Kier alpha value is -2.61.